The molecule has 6 nitrogen and oxygen atoms in total. The van der Waals surface area contributed by atoms with Crippen LogP contribution in [0.5, 0.6) is 0 Å². The molecule has 0 radical (unpaired) electrons. The Labute approximate surface area is 193 Å². The first-order chi connectivity index (χ1) is 15.6. The molecule has 2 aliphatic heterocycles. The molecule has 0 aromatic carbocycles. The Balaban J connectivity index is 1.48. The third kappa shape index (κ3) is 4.91. The van der Waals surface area contributed by atoms with E-state index in [2.05, 4.69) is 24.1 Å². The smallest absolute Gasteiger partial charge is 0.379 e. The van der Waals surface area contributed by atoms with Crippen molar-refractivity contribution in [3.8, 4) is 0 Å². The number of nitrogens with one attached hydrogen (secondary N) is 1. The minimum atomic E-state index is -4.44. The van der Waals surface area contributed by atoms with Gasteiger partial charge < -0.3 is 19.7 Å². The van der Waals surface area contributed by atoms with Crippen LogP contribution in [0.3, 0.4) is 0 Å². The van der Waals surface area contributed by atoms with Gasteiger partial charge in [-0.05, 0) is 43.2 Å². The molecule has 1 amide bonds. The number of methoxy groups -OCH3 is 1. The van der Waals surface area contributed by atoms with Crippen molar-refractivity contribution < 1.29 is 27.4 Å². The molecule has 1 N–H and O–H groups in total. The van der Waals surface area contributed by atoms with Crippen molar-refractivity contribution in [2.75, 3.05) is 26.9 Å². The standard InChI is InChI=1S/C24H34F3N3O3/c1-15(2)23(7-4-18(11-23)29-20-6-9-33-14-21(20)32-3)22(31)30-8-5-19-16(13-30)10-17(12-28-19)24(25,26)27/h10,12,15,18,20-21,29H,4-9,11,13-14H2,1-3H3/t18-,20?,21?,23+/m1/s1. The first-order valence-corrected chi connectivity index (χ1v) is 11.8. The minimum absolute atomic E-state index is 0.00238. The maximum absolute atomic E-state index is 13.8. The Morgan fingerprint density at radius 2 is 2.15 bits per heavy atom. The van der Waals surface area contributed by atoms with Gasteiger partial charge in [-0.3, -0.25) is 9.78 Å². The maximum atomic E-state index is 13.8. The van der Waals surface area contributed by atoms with Gasteiger partial charge in [0.2, 0.25) is 5.91 Å². The second kappa shape index (κ2) is 9.50. The van der Waals surface area contributed by atoms with Crippen LogP contribution >= 0.6 is 0 Å². The molecule has 3 heterocycles. The summed E-state index contributed by atoms with van der Waals surface area (Å²) >= 11 is 0. The van der Waals surface area contributed by atoms with Crippen LogP contribution < -0.4 is 5.32 Å². The van der Waals surface area contributed by atoms with Crippen LogP contribution in [-0.2, 0) is 33.4 Å². The third-order valence-corrected chi connectivity index (χ3v) is 7.79. The molecule has 0 spiro atoms. The molecule has 3 aliphatic rings. The summed E-state index contributed by atoms with van der Waals surface area (Å²) in [5.74, 6) is 0.186. The highest BCUT2D eigenvalue weighted by molar-refractivity contribution is 5.83. The molecule has 2 fully saturated rings. The predicted molar refractivity (Wildman–Crippen MR) is 116 cm³/mol. The van der Waals surface area contributed by atoms with E-state index in [1.54, 1.807) is 12.0 Å². The van der Waals surface area contributed by atoms with Gasteiger partial charge in [-0.1, -0.05) is 13.8 Å². The van der Waals surface area contributed by atoms with Gasteiger partial charge in [0.1, 0.15) is 0 Å². The van der Waals surface area contributed by atoms with Crippen molar-refractivity contribution in [1.29, 1.82) is 0 Å². The molecule has 9 heteroatoms. The van der Waals surface area contributed by atoms with Gasteiger partial charge in [0, 0.05) is 57.2 Å². The van der Waals surface area contributed by atoms with Crippen molar-refractivity contribution >= 4 is 5.91 Å². The Bertz CT molecular complexity index is 863. The Kier molecular flexibility index (Phi) is 7.03. The number of rotatable bonds is 5. The largest absolute Gasteiger partial charge is 0.417 e. The van der Waals surface area contributed by atoms with Gasteiger partial charge >= 0.3 is 6.18 Å². The van der Waals surface area contributed by atoms with Crippen LogP contribution in [0.25, 0.3) is 0 Å². The average Bonchev–Trinajstić information content (AvgIpc) is 3.23. The average molecular weight is 470 g/mol. The Morgan fingerprint density at radius 1 is 1.36 bits per heavy atom. The van der Waals surface area contributed by atoms with Crippen molar-refractivity contribution in [3.63, 3.8) is 0 Å². The van der Waals surface area contributed by atoms with Gasteiger partial charge in [0.25, 0.3) is 0 Å². The topological polar surface area (TPSA) is 63.7 Å². The van der Waals surface area contributed by atoms with Crippen LogP contribution in [-0.4, -0.2) is 60.8 Å². The summed E-state index contributed by atoms with van der Waals surface area (Å²) in [6, 6.07) is 1.55. The summed E-state index contributed by atoms with van der Waals surface area (Å²) in [6.45, 7) is 6.09. The van der Waals surface area contributed by atoms with E-state index in [1.807, 2.05) is 0 Å². The van der Waals surface area contributed by atoms with Gasteiger partial charge in [-0.15, -0.1) is 0 Å². The van der Waals surface area contributed by atoms with Crippen LogP contribution in [0.1, 0.15) is 56.4 Å². The molecule has 184 valence electrons. The van der Waals surface area contributed by atoms with Gasteiger partial charge in [-0.2, -0.15) is 13.2 Å². The first-order valence-electron chi connectivity index (χ1n) is 11.8. The zero-order valence-corrected chi connectivity index (χ0v) is 19.6. The van der Waals surface area contributed by atoms with Gasteiger partial charge in [0.15, 0.2) is 0 Å². The van der Waals surface area contributed by atoms with Crippen molar-refractivity contribution in [3.05, 3.63) is 29.1 Å². The number of aromatic nitrogens is 1. The van der Waals surface area contributed by atoms with Crippen LogP contribution in [0.15, 0.2) is 12.3 Å². The summed E-state index contributed by atoms with van der Waals surface area (Å²) in [7, 11) is 1.69. The number of fused-ring (bicyclic) bond motifs is 1. The molecule has 4 atom stereocenters. The molecule has 4 rings (SSSR count). The van der Waals surface area contributed by atoms with E-state index < -0.39 is 17.2 Å². The number of pyridine rings is 1. The second-order valence-corrected chi connectivity index (χ2v) is 9.97. The quantitative estimate of drug-likeness (QED) is 0.714. The highest BCUT2D eigenvalue weighted by atomic mass is 19.4. The van der Waals surface area contributed by atoms with E-state index in [9.17, 15) is 18.0 Å². The number of carbonyl (C=O) groups excluding carboxylic acids is 1. The lowest BCUT2D eigenvalue weighted by Gasteiger charge is -2.40. The fourth-order valence-electron chi connectivity index (χ4n) is 5.69. The normalized spacial score (nSPS) is 30.5. The fraction of sp³-hybridized carbons (Fsp3) is 0.750. The molecule has 33 heavy (non-hydrogen) atoms. The van der Waals surface area contributed by atoms with E-state index in [0.29, 0.717) is 37.4 Å². The fourth-order valence-corrected chi connectivity index (χ4v) is 5.69. The Morgan fingerprint density at radius 3 is 2.85 bits per heavy atom. The van der Waals surface area contributed by atoms with Crippen molar-refractivity contribution in [1.82, 2.24) is 15.2 Å². The number of hydrogen-bond acceptors (Lipinski definition) is 5. The third-order valence-electron chi connectivity index (χ3n) is 7.79. The second-order valence-electron chi connectivity index (χ2n) is 9.97. The lowest BCUT2D eigenvalue weighted by Crippen LogP contribution is -2.52. The van der Waals surface area contributed by atoms with Gasteiger partial charge in [-0.25, -0.2) is 0 Å². The summed E-state index contributed by atoms with van der Waals surface area (Å²) in [6.07, 6.45) is 0.180. The maximum Gasteiger partial charge on any atom is 0.417 e. The highest BCUT2D eigenvalue weighted by Gasteiger charge is 2.50. The first kappa shape index (κ1) is 24.4. The predicted octanol–water partition coefficient (Wildman–Crippen LogP) is 3.57. The summed E-state index contributed by atoms with van der Waals surface area (Å²) in [5, 5.41) is 3.72. The summed E-state index contributed by atoms with van der Waals surface area (Å²) in [4.78, 5) is 19.6. The summed E-state index contributed by atoms with van der Waals surface area (Å²) < 4.78 is 50.6. The molecule has 0 bridgehead atoms. The summed E-state index contributed by atoms with van der Waals surface area (Å²) in [5.41, 5.74) is -0.121. The van der Waals surface area contributed by atoms with Crippen molar-refractivity contribution in [2.24, 2.45) is 11.3 Å². The van der Waals surface area contributed by atoms with Crippen LogP contribution in [0.4, 0.5) is 13.2 Å². The molecular formula is C24H34F3N3O3. The van der Waals surface area contributed by atoms with E-state index >= 15 is 0 Å². The monoisotopic (exact) mass is 469 g/mol. The van der Waals surface area contributed by atoms with E-state index in [-0.39, 0.29) is 36.6 Å². The van der Waals surface area contributed by atoms with Gasteiger partial charge in [0.05, 0.1) is 23.7 Å². The molecular weight excluding hydrogens is 435 g/mol. The highest BCUT2D eigenvalue weighted by Crippen LogP contribution is 2.47. The number of ether oxygens (including phenoxy) is 2. The van der Waals surface area contributed by atoms with E-state index in [4.69, 9.17) is 9.47 Å². The van der Waals surface area contributed by atoms with Crippen LogP contribution in [0, 0.1) is 11.3 Å². The molecule has 1 aliphatic carbocycles. The zero-order chi connectivity index (χ0) is 23.8. The number of amides is 1. The molecule has 1 aromatic heterocycles. The van der Waals surface area contributed by atoms with Crippen LogP contribution in [0.2, 0.25) is 0 Å². The molecule has 2 unspecified atom stereocenters. The van der Waals surface area contributed by atoms with Crippen molar-refractivity contribution in [2.45, 2.75) is 76.9 Å². The molecule has 1 saturated heterocycles. The lowest BCUT2D eigenvalue weighted by atomic mass is 9.74. The number of halogens is 3. The zero-order valence-electron chi connectivity index (χ0n) is 19.6. The lowest BCUT2D eigenvalue weighted by molar-refractivity contribution is -0.146. The molecule has 1 aromatic rings. The molecule has 1 saturated carbocycles. The number of nitrogens with zero attached hydrogens (tertiary/aromatic N) is 2. The number of alkyl halides is 3. The van der Waals surface area contributed by atoms with E-state index in [1.165, 1.54) is 0 Å². The van der Waals surface area contributed by atoms with E-state index in [0.717, 1.165) is 37.9 Å². The minimum Gasteiger partial charge on any atom is -0.379 e. The number of hydrogen-bond donors (Lipinski definition) is 1. The SMILES string of the molecule is COC1COCCC1N[C@@H]1CC[C@@](C(=O)N2CCc3ncc(C(F)(F)F)cc3C2)(C(C)C)C1. The number of carbonyl (C=O) groups is 1. The Hall–Kier alpha value is -1.71.